The number of rotatable bonds is 3. The van der Waals surface area contributed by atoms with Crippen molar-refractivity contribution in [1.29, 1.82) is 0 Å². The number of nitrogens with zero attached hydrogens (tertiary/aromatic N) is 1. The molecule has 0 fully saturated rings. The third kappa shape index (κ3) is 3.28. The van der Waals surface area contributed by atoms with Crippen molar-refractivity contribution in [3.8, 4) is 0 Å². The second-order valence-electron chi connectivity index (χ2n) is 3.79. The number of anilines is 2. The van der Waals surface area contributed by atoms with Crippen LogP contribution >= 0.6 is 31.9 Å². The van der Waals surface area contributed by atoms with Crippen LogP contribution in [-0.2, 0) is 10.0 Å². The summed E-state index contributed by atoms with van der Waals surface area (Å²) in [5.74, 6) is -0.692. The van der Waals surface area contributed by atoms with Gasteiger partial charge in [-0.15, -0.1) is 0 Å². The Morgan fingerprint density at radius 2 is 1.80 bits per heavy atom. The maximum Gasteiger partial charge on any atom is 0.264 e. The van der Waals surface area contributed by atoms with Crippen molar-refractivity contribution in [2.75, 3.05) is 10.5 Å². The molecular formula is C11H8Br2FN3O2S. The molecule has 1 heterocycles. The number of pyridine rings is 1. The van der Waals surface area contributed by atoms with Crippen LogP contribution in [0.15, 0.2) is 44.3 Å². The van der Waals surface area contributed by atoms with Crippen molar-refractivity contribution in [3.05, 3.63) is 45.4 Å². The molecule has 0 saturated carbocycles. The average molecular weight is 425 g/mol. The molecule has 0 saturated heterocycles. The van der Waals surface area contributed by atoms with E-state index in [9.17, 15) is 12.8 Å². The number of hydrogen-bond acceptors (Lipinski definition) is 4. The van der Waals surface area contributed by atoms with Crippen molar-refractivity contribution in [2.24, 2.45) is 0 Å². The Bertz CT molecular complexity index is 728. The molecule has 3 N–H and O–H groups in total. The van der Waals surface area contributed by atoms with Gasteiger partial charge < -0.3 is 5.73 Å². The number of sulfonamides is 1. The normalized spacial score (nSPS) is 11.3. The molecule has 0 atom stereocenters. The summed E-state index contributed by atoms with van der Waals surface area (Å²) in [5.41, 5.74) is 6.18. The Balaban J connectivity index is 2.43. The van der Waals surface area contributed by atoms with Gasteiger partial charge in [0.2, 0.25) is 5.95 Å². The Labute approximate surface area is 131 Å². The lowest BCUT2D eigenvalue weighted by molar-refractivity contribution is 0.583. The first kappa shape index (κ1) is 15.2. The number of nitrogens with two attached hydrogens (primary N) is 1. The maximum atomic E-state index is 12.7. The van der Waals surface area contributed by atoms with E-state index in [2.05, 4.69) is 41.6 Å². The number of aromatic nitrogens is 1. The summed E-state index contributed by atoms with van der Waals surface area (Å²) in [4.78, 5) is 3.38. The lowest BCUT2D eigenvalue weighted by atomic mass is 10.3. The van der Waals surface area contributed by atoms with Gasteiger partial charge in [-0.25, -0.2) is 13.4 Å². The number of nitrogen functional groups attached to an aromatic ring is 1. The molecule has 5 nitrogen and oxygen atoms in total. The lowest BCUT2D eigenvalue weighted by Crippen LogP contribution is -2.14. The lowest BCUT2D eigenvalue weighted by Gasteiger charge is -2.11. The smallest absolute Gasteiger partial charge is 0.264 e. The van der Waals surface area contributed by atoms with Crippen LogP contribution in [0.2, 0.25) is 0 Å². The van der Waals surface area contributed by atoms with Gasteiger partial charge >= 0.3 is 0 Å². The summed E-state index contributed by atoms with van der Waals surface area (Å²) in [7, 11) is -3.87. The average Bonchev–Trinajstić information content (AvgIpc) is 2.30. The monoisotopic (exact) mass is 423 g/mol. The minimum Gasteiger partial charge on any atom is -0.399 e. The third-order valence-electron chi connectivity index (χ3n) is 2.27. The zero-order valence-electron chi connectivity index (χ0n) is 9.77. The van der Waals surface area contributed by atoms with E-state index in [1.54, 1.807) is 0 Å². The van der Waals surface area contributed by atoms with Crippen LogP contribution in [0.25, 0.3) is 0 Å². The van der Waals surface area contributed by atoms with Crippen LogP contribution in [-0.4, -0.2) is 13.4 Å². The molecular weight excluding hydrogens is 417 g/mol. The predicted octanol–water partition coefficient (Wildman–Crippen LogP) is 3.13. The van der Waals surface area contributed by atoms with Gasteiger partial charge in [0.15, 0.2) is 0 Å². The fourth-order valence-electron chi connectivity index (χ4n) is 1.48. The number of benzene rings is 1. The quantitative estimate of drug-likeness (QED) is 0.585. The molecule has 0 unspecified atom stereocenters. The molecule has 0 aliphatic carbocycles. The zero-order valence-corrected chi connectivity index (χ0v) is 13.8. The molecule has 0 amide bonds. The number of halogens is 3. The van der Waals surface area contributed by atoms with Gasteiger partial charge in [-0.1, -0.05) is 0 Å². The molecule has 2 rings (SSSR count). The highest BCUT2D eigenvalue weighted by atomic mass is 79.9. The SMILES string of the molecule is Nc1cc(Br)c(S(=O)(=O)Nc2ccc(F)nc2)c(Br)c1. The highest BCUT2D eigenvalue weighted by Gasteiger charge is 2.22. The first-order valence-electron chi connectivity index (χ1n) is 5.18. The minimum atomic E-state index is -3.87. The Kier molecular flexibility index (Phi) is 4.31. The van der Waals surface area contributed by atoms with E-state index in [4.69, 9.17) is 5.73 Å². The van der Waals surface area contributed by atoms with Crippen LogP contribution in [0.5, 0.6) is 0 Å². The Morgan fingerprint density at radius 1 is 1.20 bits per heavy atom. The largest absolute Gasteiger partial charge is 0.399 e. The number of hydrogen-bond donors (Lipinski definition) is 2. The molecule has 0 aliphatic rings. The third-order valence-corrected chi connectivity index (χ3v) is 5.53. The van der Waals surface area contributed by atoms with Crippen molar-refractivity contribution in [2.45, 2.75) is 4.90 Å². The van der Waals surface area contributed by atoms with Gasteiger partial charge in [-0.2, -0.15) is 4.39 Å². The van der Waals surface area contributed by atoms with E-state index in [1.165, 1.54) is 18.2 Å². The van der Waals surface area contributed by atoms with E-state index in [0.29, 0.717) is 14.6 Å². The summed E-state index contributed by atoms with van der Waals surface area (Å²) in [6.07, 6.45) is 1.09. The Hall–Kier alpha value is -1.19. The second-order valence-corrected chi connectivity index (χ2v) is 7.12. The summed E-state index contributed by atoms with van der Waals surface area (Å²) in [6.45, 7) is 0. The van der Waals surface area contributed by atoms with Crippen LogP contribution in [0.1, 0.15) is 0 Å². The molecule has 0 bridgehead atoms. The van der Waals surface area contributed by atoms with Crippen LogP contribution < -0.4 is 10.5 Å². The van der Waals surface area contributed by atoms with Crippen LogP contribution in [0.3, 0.4) is 0 Å². The predicted molar refractivity (Wildman–Crippen MR) is 81.3 cm³/mol. The number of nitrogens with one attached hydrogen (secondary N) is 1. The van der Waals surface area contributed by atoms with Gasteiger partial charge in [0.05, 0.1) is 11.9 Å². The van der Waals surface area contributed by atoms with E-state index >= 15 is 0 Å². The zero-order chi connectivity index (χ0) is 14.9. The van der Waals surface area contributed by atoms with Crippen molar-refractivity contribution < 1.29 is 12.8 Å². The van der Waals surface area contributed by atoms with E-state index in [-0.39, 0.29) is 10.6 Å². The van der Waals surface area contributed by atoms with E-state index in [1.807, 2.05) is 0 Å². The first-order valence-corrected chi connectivity index (χ1v) is 8.25. The molecule has 1 aromatic carbocycles. The second kappa shape index (κ2) is 5.66. The van der Waals surface area contributed by atoms with Gasteiger partial charge in [-0.3, -0.25) is 4.72 Å². The van der Waals surface area contributed by atoms with E-state index in [0.717, 1.165) is 12.3 Å². The van der Waals surface area contributed by atoms with Gasteiger partial charge in [0.1, 0.15) is 4.90 Å². The molecule has 2 aromatic rings. The molecule has 1 aromatic heterocycles. The van der Waals surface area contributed by atoms with Gasteiger partial charge in [0.25, 0.3) is 10.0 Å². The fourth-order valence-corrected chi connectivity index (χ4v) is 5.14. The van der Waals surface area contributed by atoms with Crippen LogP contribution in [0.4, 0.5) is 15.8 Å². The summed E-state index contributed by atoms with van der Waals surface area (Å²) in [5, 5.41) is 0. The highest BCUT2D eigenvalue weighted by molar-refractivity contribution is 9.11. The fraction of sp³-hybridized carbons (Fsp3) is 0. The van der Waals surface area contributed by atoms with Crippen molar-refractivity contribution in [1.82, 2.24) is 4.98 Å². The van der Waals surface area contributed by atoms with E-state index < -0.39 is 16.0 Å². The minimum absolute atomic E-state index is 0.00368. The molecule has 0 spiro atoms. The molecule has 0 radical (unpaired) electrons. The van der Waals surface area contributed by atoms with Crippen molar-refractivity contribution >= 4 is 53.3 Å². The van der Waals surface area contributed by atoms with Gasteiger partial charge in [0, 0.05) is 14.6 Å². The summed E-state index contributed by atoms with van der Waals surface area (Å²) in [6, 6.07) is 5.29. The standard InChI is InChI=1S/C11H8Br2FN3O2S/c12-8-3-6(15)4-9(13)11(8)20(18,19)17-7-1-2-10(14)16-5-7/h1-5,17H,15H2. The molecule has 0 aliphatic heterocycles. The first-order chi connectivity index (χ1) is 9.29. The Morgan fingerprint density at radius 3 is 2.30 bits per heavy atom. The summed E-state index contributed by atoms with van der Waals surface area (Å²) >= 11 is 6.31. The highest BCUT2D eigenvalue weighted by Crippen LogP contribution is 2.33. The molecule has 20 heavy (non-hydrogen) atoms. The maximum absolute atomic E-state index is 12.7. The topological polar surface area (TPSA) is 85.1 Å². The molecule has 9 heteroatoms. The van der Waals surface area contributed by atoms with Gasteiger partial charge in [-0.05, 0) is 56.1 Å². The van der Waals surface area contributed by atoms with Crippen molar-refractivity contribution in [3.63, 3.8) is 0 Å². The summed E-state index contributed by atoms with van der Waals surface area (Å²) < 4.78 is 40.2. The van der Waals surface area contributed by atoms with Crippen LogP contribution in [0, 0.1) is 5.95 Å². The molecule has 106 valence electrons.